The van der Waals surface area contributed by atoms with E-state index in [4.69, 9.17) is 13.6 Å². The first-order valence-electron chi connectivity index (χ1n) is 7.89. The summed E-state index contributed by atoms with van der Waals surface area (Å²) in [5.41, 5.74) is 2.03. The van der Waals surface area contributed by atoms with Gasteiger partial charge in [-0.25, -0.2) is 0 Å². The van der Waals surface area contributed by atoms with Crippen LogP contribution in [0.15, 0.2) is 28.7 Å². The molecule has 0 aliphatic heterocycles. The van der Waals surface area contributed by atoms with E-state index in [1.807, 2.05) is 12.1 Å². The fraction of sp³-hybridized carbons (Fsp3) is 0.444. The summed E-state index contributed by atoms with van der Waals surface area (Å²) in [6.45, 7) is 8.86. The van der Waals surface area contributed by atoms with Gasteiger partial charge >= 0.3 is 0 Å². The Morgan fingerprint density at radius 2 is 2.00 bits per heavy atom. The second kappa shape index (κ2) is 5.50. The van der Waals surface area contributed by atoms with Gasteiger partial charge in [0.05, 0.1) is 12.7 Å². The fourth-order valence-electron chi connectivity index (χ4n) is 2.94. The maximum absolute atomic E-state index is 6.37. The topological polar surface area (TPSA) is 31.6 Å². The lowest BCUT2D eigenvalue weighted by molar-refractivity contribution is 0.415. The van der Waals surface area contributed by atoms with Crippen molar-refractivity contribution in [3.63, 3.8) is 0 Å². The molecule has 1 aromatic carbocycles. The largest absolute Gasteiger partial charge is 0.544 e. The zero-order valence-electron chi connectivity index (χ0n) is 14.0. The number of hydrogen-bond acceptors (Lipinski definition) is 3. The quantitative estimate of drug-likeness (QED) is 0.698. The van der Waals surface area contributed by atoms with Crippen molar-refractivity contribution in [3.8, 4) is 5.75 Å². The van der Waals surface area contributed by atoms with Crippen LogP contribution in [0.1, 0.15) is 37.0 Å². The van der Waals surface area contributed by atoms with Gasteiger partial charge in [-0.1, -0.05) is 6.92 Å². The fourth-order valence-corrected chi connectivity index (χ4v) is 3.79. The molecular formula is C18H24O3Si. The Hall–Kier alpha value is -1.68. The lowest BCUT2D eigenvalue weighted by atomic mass is 10.0. The average molecular weight is 316 g/mol. The summed E-state index contributed by atoms with van der Waals surface area (Å²) in [4.78, 5) is 0. The highest BCUT2D eigenvalue weighted by atomic mass is 28.4. The third-order valence-electron chi connectivity index (χ3n) is 3.96. The molecule has 0 fully saturated rings. The SMILES string of the molecule is COc1ccc2oc3c(c2c1)C(O[Si](C)(C)C)=CCC[C@H]3C. The van der Waals surface area contributed by atoms with Crippen molar-refractivity contribution in [1.29, 1.82) is 0 Å². The van der Waals surface area contributed by atoms with Crippen LogP contribution in [0.3, 0.4) is 0 Å². The van der Waals surface area contributed by atoms with E-state index in [0.29, 0.717) is 5.92 Å². The number of hydrogen-bond donors (Lipinski definition) is 0. The molecule has 0 radical (unpaired) electrons. The Morgan fingerprint density at radius 1 is 1.23 bits per heavy atom. The second-order valence-electron chi connectivity index (χ2n) is 6.96. The Morgan fingerprint density at radius 3 is 2.68 bits per heavy atom. The lowest BCUT2D eigenvalue weighted by Gasteiger charge is -2.22. The van der Waals surface area contributed by atoms with E-state index < -0.39 is 8.32 Å². The summed E-state index contributed by atoms with van der Waals surface area (Å²) in [5, 5.41) is 1.09. The molecule has 0 saturated heterocycles. The third-order valence-corrected chi connectivity index (χ3v) is 4.79. The van der Waals surface area contributed by atoms with Crippen molar-refractivity contribution >= 4 is 25.0 Å². The van der Waals surface area contributed by atoms with E-state index in [1.54, 1.807) is 7.11 Å². The molecule has 1 aliphatic rings. The molecule has 2 aromatic rings. The summed E-state index contributed by atoms with van der Waals surface area (Å²) >= 11 is 0. The molecule has 1 aliphatic carbocycles. The van der Waals surface area contributed by atoms with Crippen LogP contribution >= 0.6 is 0 Å². The van der Waals surface area contributed by atoms with Gasteiger partial charge in [0, 0.05) is 11.3 Å². The highest BCUT2D eigenvalue weighted by Crippen LogP contribution is 2.42. The molecule has 3 rings (SSSR count). The number of fused-ring (bicyclic) bond motifs is 3. The van der Waals surface area contributed by atoms with Crippen LogP contribution in [0.5, 0.6) is 5.75 Å². The lowest BCUT2D eigenvalue weighted by Crippen LogP contribution is -2.24. The molecule has 118 valence electrons. The van der Waals surface area contributed by atoms with Crippen LogP contribution in [0.4, 0.5) is 0 Å². The third kappa shape index (κ3) is 2.80. The molecule has 0 bridgehead atoms. The molecule has 0 amide bonds. The van der Waals surface area contributed by atoms with Crippen molar-refractivity contribution in [2.45, 2.75) is 45.3 Å². The molecule has 0 saturated carbocycles. The average Bonchev–Trinajstić information content (AvgIpc) is 2.76. The Kier molecular flexibility index (Phi) is 3.81. The van der Waals surface area contributed by atoms with Gasteiger partial charge in [0.2, 0.25) is 8.32 Å². The number of allylic oxidation sites excluding steroid dienone is 1. The molecule has 0 unspecified atom stereocenters. The number of benzene rings is 1. The van der Waals surface area contributed by atoms with Crippen LogP contribution in [0.25, 0.3) is 16.7 Å². The van der Waals surface area contributed by atoms with Crippen molar-refractivity contribution in [2.75, 3.05) is 7.11 Å². The minimum Gasteiger partial charge on any atom is -0.544 e. The van der Waals surface area contributed by atoms with Gasteiger partial charge in [0.25, 0.3) is 0 Å². The van der Waals surface area contributed by atoms with Crippen molar-refractivity contribution in [3.05, 3.63) is 35.6 Å². The highest BCUT2D eigenvalue weighted by Gasteiger charge is 2.28. The molecule has 0 spiro atoms. The smallest absolute Gasteiger partial charge is 0.242 e. The van der Waals surface area contributed by atoms with Gasteiger partial charge < -0.3 is 13.6 Å². The van der Waals surface area contributed by atoms with E-state index in [-0.39, 0.29) is 0 Å². The van der Waals surface area contributed by atoms with Crippen LogP contribution in [0.2, 0.25) is 19.6 Å². The molecule has 1 aromatic heterocycles. The predicted octanol–water partition coefficient (Wildman–Crippen LogP) is 5.53. The molecule has 1 atom stereocenters. The first-order chi connectivity index (χ1) is 10.4. The summed E-state index contributed by atoms with van der Waals surface area (Å²) in [5.74, 6) is 3.28. The second-order valence-corrected chi connectivity index (χ2v) is 11.4. The zero-order valence-corrected chi connectivity index (χ0v) is 15.0. The molecule has 0 N–H and O–H groups in total. The number of rotatable bonds is 3. The van der Waals surface area contributed by atoms with Gasteiger partial charge in [-0.2, -0.15) is 0 Å². The maximum Gasteiger partial charge on any atom is 0.242 e. The first-order valence-corrected chi connectivity index (χ1v) is 11.3. The van der Waals surface area contributed by atoms with Crippen molar-refractivity contribution in [1.82, 2.24) is 0 Å². The minimum absolute atomic E-state index is 0.396. The van der Waals surface area contributed by atoms with Crippen molar-refractivity contribution in [2.24, 2.45) is 0 Å². The van der Waals surface area contributed by atoms with Crippen LogP contribution in [-0.4, -0.2) is 15.4 Å². The maximum atomic E-state index is 6.37. The molecule has 22 heavy (non-hydrogen) atoms. The van der Waals surface area contributed by atoms with E-state index >= 15 is 0 Å². The van der Waals surface area contributed by atoms with E-state index in [0.717, 1.165) is 46.6 Å². The summed E-state index contributed by atoms with van der Waals surface area (Å²) in [6, 6.07) is 5.98. The molecule has 1 heterocycles. The standard InChI is InChI=1S/C18H24O3Si/c1-12-7-6-8-16(21-22(3,4)5)17-14-11-13(19-2)9-10-15(14)20-18(12)17/h8-12H,6-7H2,1-5H3/t12-/m1/s1. The van der Waals surface area contributed by atoms with Gasteiger partial charge in [0.15, 0.2) is 0 Å². The normalized spacial score (nSPS) is 18.6. The minimum atomic E-state index is -1.68. The Balaban J connectivity index is 2.22. The van der Waals surface area contributed by atoms with E-state index in [9.17, 15) is 0 Å². The first kappa shape index (κ1) is 15.2. The predicted molar refractivity (Wildman–Crippen MR) is 92.8 cm³/mol. The summed E-state index contributed by atoms with van der Waals surface area (Å²) in [6.07, 6.45) is 4.34. The zero-order chi connectivity index (χ0) is 15.9. The van der Waals surface area contributed by atoms with Crippen LogP contribution in [0, 0.1) is 0 Å². The summed E-state index contributed by atoms with van der Waals surface area (Å²) < 4.78 is 17.9. The summed E-state index contributed by atoms with van der Waals surface area (Å²) in [7, 11) is 0.0110. The highest BCUT2D eigenvalue weighted by molar-refractivity contribution is 6.70. The van der Waals surface area contributed by atoms with Gasteiger partial charge in [-0.3, -0.25) is 0 Å². The molecular weight excluding hydrogens is 292 g/mol. The number of ether oxygens (including phenoxy) is 1. The Labute approximate surface area is 133 Å². The van der Waals surface area contributed by atoms with Gasteiger partial charge in [-0.05, 0) is 56.8 Å². The van der Waals surface area contributed by atoms with E-state index in [2.05, 4.69) is 38.7 Å². The van der Waals surface area contributed by atoms with Gasteiger partial charge in [0.1, 0.15) is 22.9 Å². The molecule has 3 nitrogen and oxygen atoms in total. The monoisotopic (exact) mass is 316 g/mol. The number of methoxy groups -OCH3 is 1. The van der Waals surface area contributed by atoms with Crippen molar-refractivity contribution < 1.29 is 13.6 Å². The van der Waals surface area contributed by atoms with E-state index in [1.165, 1.54) is 0 Å². The molecule has 4 heteroatoms. The Bertz CT molecular complexity index is 722. The van der Waals surface area contributed by atoms with Crippen LogP contribution in [-0.2, 0) is 4.43 Å². The number of furan rings is 1. The van der Waals surface area contributed by atoms with Gasteiger partial charge in [-0.15, -0.1) is 0 Å². The van der Waals surface area contributed by atoms with Crippen LogP contribution < -0.4 is 4.74 Å².